The van der Waals surface area contributed by atoms with Crippen LogP contribution in [0.15, 0.2) is 47.4 Å². The molecule has 3 rings (SSSR count). The second-order valence-electron chi connectivity index (χ2n) is 8.56. The molecular weight excluding hydrogens is 440 g/mol. The van der Waals surface area contributed by atoms with E-state index >= 15 is 0 Å². The maximum absolute atomic E-state index is 14.0. The number of nitrogens with zero attached hydrogens (tertiary/aromatic N) is 2. The largest absolute Gasteiger partial charge is 0.336 e. The molecule has 7 nitrogen and oxygen atoms in total. The molecule has 0 saturated carbocycles. The highest BCUT2D eigenvalue weighted by atomic mass is 32.2. The van der Waals surface area contributed by atoms with Gasteiger partial charge >= 0.3 is 0 Å². The SMILES string of the molecule is CC(C)(C)C(=O)Nc1cccc(C(=O)N2CCN(S(=O)(=O)c3ccc(F)cc3F)CC2)c1. The molecule has 10 heteroatoms. The van der Waals surface area contributed by atoms with Gasteiger partial charge in [0.25, 0.3) is 5.91 Å². The minimum atomic E-state index is -4.15. The Balaban J connectivity index is 1.68. The zero-order valence-electron chi connectivity index (χ0n) is 18.1. The molecule has 1 fully saturated rings. The molecule has 2 aromatic rings. The minimum Gasteiger partial charge on any atom is -0.336 e. The minimum absolute atomic E-state index is 0.0225. The Labute approximate surface area is 186 Å². The number of carbonyl (C=O) groups is 2. The van der Waals surface area contributed by atoms with Crippen molar-refractivity contribution in [2.24, 2.45) is 5.41 Å². The molecule has 0 radical (unpaired) electrons. The highest BCUT2D eigenvalue weighted by Gasteiger charge is 2.32. The third kappa shape index (κ3) is 5.13. The number of amides is 2. The van der Waals surface area contributed by atoms with Crippen molar-refractivity contribution in [1.82, 2.24) is 9.21 Å². The molecular formula is C22H25F2N3O4S. The van der Waals surface area contributed by atoms with Gasteiger partial charge in [-0.05, 0) is 30.3 Å². The molecule has 1 N–H and O–H groups in total. The smallest absolute Gasteiger partial charge is 0.254 e. The molecule has 172 valence electrons. The van der Waals surface area contributed by atoms with Gasteiger partial charge in [0.05, 0.1) is 0 Å². The summed E-state index contributed by atoms with van der Waals surface area (Å²) in [7, 11) is -4.15. The molecule has 0 spiro atoms. The summed E-state index contributed by atoms with van der Waals surface area (Å²) < 4.78 is 53.6. The van der Waals surface area contributed by atoms with Crippen LogP contribution in [0.5, 0.6) is 0 Å². The van der Waals surface area contributed by atoms with Gasteiger partial charge in [0.2, 0.25) is 15.9 Å². The Morgan fingerprint density at radius 1 is 0.969 bits per heavy atom. The predicted octanol–water partition coefficient (Wildman–Crippen LogP) is 3.10. The van der Waals surface area contributed by atoms with Crippen LogP contribution >= 0.6 is 0 Å². The summed E-state index contributed by atoms with van der Waals surface area (Å²) in [5.74, 6) is -2.51. The van der Waals surface area contributed by atoms with E-state index in [1.54, 1.807) is 45.0 Å². The number of piperazine rings is 1. The monoisotopic (exact) mass is 465 g/mol. The second kappa shape index (κ2) is 8.95. The van der Waals surface area contributed by atoms with Gasteiger partial charge in [-0.3, -0.25) is 9.59 Å². The van der Waals surface area contributed by atoms with Crippen LogP contribution in [0.25, 0.3) is 0 Å². The summed E-state index contributed by atoms with van der Waals surface area (Å²) in [5, 5.41) is 2.77. The van der Waals surface area contributed by atoms with E-state index in [4.69, 9.17) is 0 Å². The Morgan fingerprint density at radius 2 is 1.62 bits per heavy atom. The van der Waals surface area contributed by atoms with Gasteiger partial charge in [-0.15, -0.1) is 0 Å². The fourth-order valence-corrected chi connectivity index (χ4v) is 4.65. The van der Waals surface area contributed by atoms with Gasteiger partial charge in [-0.2, -0.15) is 4.31 Å². The van der Waals surface area contributed by atoms with Gasteiger partial charge in [-0.1, -0.05) is 26.8 Å². The summed E-state index contributed by atoms with van der Waals surface area (Å²) in [6.45, 7) is 5.52. The van der Waals surface area contributed by atoms with Crippen LogP contribution in [-0.4, -0.2) is 55.6 Å². The molecule has 0 unspecified atom stereocenters. The number of nitrogens with one attached hydrogen (secondary N) is 1. The van der Waals surface area contributed by atoms with Gasteiger partial charge in [0.1, 0.15) is 16.5 Å². The van der Waals surface area contributed by atoms with Gasteiger partial charge < -0.3 is 10.2 Å². The van der Waals surface area contributed by atoms with E-state index in [0.717, 1.165) is 16.4 Å². The Morgan fingerprint density at radius 3 is 2.22 bits per heavy atom. The third-order valence-corrected chi connectivity index (χ3v) is 7.02. The molecule has 1 aliphatic rings. The molecule has 0 bridgehead atoms. The fourth-order valence-electron chi connectivity index (χ4n) is 3.19. The van der Waals surface area contributed by atoms with Crippen molar-refractivity contribution in [3.05, 3.63) is 59.7 Å². The molecule has 0 aromatic heterocycles. The molecule has 1 heterocycles. The lowest BCUT2D eigenvalue weighted by molar-refractivity contribution is -0.123. The number of sulfonamides is 1. The average molecular weight is 466 g/mol. The number of halogens is 2. The highest BCUT2D eigenvalue weighted by Crippen LogP contribution is 2.23. The molecule has 0 atom stereocenters. The van der Waals surface area contributed by atoms with E-state index in [1.165, 1.54) is 4.90 Å². The zero-order valence-corrected chi connectivity index (χ0v) is 18.9. The third-order valence-electron chi connectivity index (χ3n) is 5.09. The van der Waals surface area contributed by atoms with Crippen LogP contribution in [-0.2, 0) is 14.8 Å². The van der Waals surface area contributed by atoms with Crippen molar-refractivity contribution in [2.75, 3.05) is 31.5 Å². The van der Waals surface area contributed by atoms with E-state index < -0.39 is 32.0 Å². The normalized spacial score (nSPS) is 15.5. The number of carbonyl (C=O) groups excluding carboxylic acids is 2. The van der Waals surface area contributed by atoms with Crippen LogP contribution in [0.4, 0.5) is 14.5 Å². The Bertz CT molecular complexity index is 1140. The van der Waals surface area contributed by atoms with E-state index in [0.29, 0.717) is 17.3 Å². The van der Waals surface area contributed by atoms with E-state index in [-0.39, 0.29) is 38.0 Å². The van der Waals surface area contributed by atoms with Crippen molar-refractivity contribution in [2.45, 2.75) is 25.7 Å². The van der Waals surface area contributed by atoms with Crippen LogP contribution in [0.2, 0.25) is 0 Å². The molecule has 1 saturated heterocycles. The number of rotatable bonds is 4. The van der Waals surface area contributed by atoms with Gasteiger partial charge in [0.15, 0.2) is 0 Å². The van der Waals surface area contributed by atoms with Crippen LogP contribution in [0.1, 0.15) is 31.1 Å². The lowest BCUT2D eigenvalue weighted by Gasteiger charge is -2.34. The second-order valence-corrected chi connectivity index (χ2v) is 10.5. The maximum Gasteiger partial charge on any atom is 0.254 e. The van der Waals surface area contributed by atoms with Crippen molar-refractivity contribution in [1.29, 1.82) is 0 Å². The van der Waals surface area contributed by atoms with E-state index in [9.17, 15) is 26.8 Å². The maximum atomic E-state index is 14.0. The van der Waals surface area contributed by atoms with E-state index in [1.807, 2.05) is 0 Å². The summed E-state index contributed by atoms with van der Waals surface area (Å²) in [6.07, 6.45) is 0. The molecule has 32 heavy (non-hydrogen) atoms. The number of hydrogen-bond acceptors (Lipinski definition) is 4. The standard InChI is InChI=1S/C22H25F2N3O4S/c1-22(2,3)21(29)25-17-6-4-5-15(13-17)20(28)26-9-11-27(12-10-26)32(30,31)19-8-7-16(23)14-18(19)24/h4-8,13-14H,9-12H2,1-3H3,(H,25,29). The lowest BCUT2D eigenvalue weighted by Crippen LogP contribution is -2.50. The van der Waals surface area contributed by atoms with Crippen molar-refractivity contribution < 1.29 is 26.8 Å². The Kier molecular flexibility index (Phi) is 6.66. The summed E-state index contributed by atoms with van der Waals surface area (Å²) in [4.78, 5) is 26.0. The summed E-state index contributed by atoms with van der Waals surface area (Å²) in [6, 6.07) is 8.84. The van der Waals surface area contributed by atoms with Crippen LogP contribution < -0.4 is 5.32 Å². The number of benzene rings is 2. The quantitative estimate of drug-likeness (QED) is 0.752. The van der Waals surface area contributed by atoms with Crippen molar-refractivity contribution >= 4 is 27.5 Å². The van der Waals surface area contributed by atoms with Crippen molar-refractivity contribution in [3.63, 3.8) is 0 Å². The van der Waals surface area contributed by atoms with Crippen LogP contribution in [0.3, 0.4) is 0 Å². The van der Waals surface area contributed by atoms with Gasteiger partial charge in [0, 0.05) is 48.9 Å². The highest BCUT2D eigenvalue weighted by molar-refractivity contribution is 7.89. The van der Waals surface area contributed by atoms with Crippen LogP contribution in [0, 0.1) is 17.0 Å². The first-order chi connectivity index (χ1) is 14.9. The van der Waals surface area contributed by atoms with Gasteiger partial charge in [-0.25, -0.2) is 17.2 Å². The predicted molar refractivity (Wildman–Crippen MR) is 116 cm³/mol. The topological polar surface area (TPSA) is 86.8 Å². The molecule has 0 aliphatic carbocycles. The lowest BCUT2D eigenvalue weighted by atomic mass is 9.95. The molecule has 2 amide bonds. The fraction of sp³-hybridized carbons (Fsp3) is 0.364. The zero-order chi connectivity index (χ0) is 23.7. The number of anilines is 1. The number of hydrogen-bond donors (Lipinski definition) is 1. The first-order valence-corrected chi connectivity index (χ1v) is 11.5. The first-order valence-electron chi connectivity index (χ1n) is 10.1. The molecule has 1 aliphatic heterocycles. The summed E-state index contributed by atoms with van der Waals surface area (Å²) in [5.41, 5.74) is 0.257. The van der Waals surface area contributed by atoms with Crippen molar-refractivity contribution in [3.8, 4) is 0 Å². The molecule has 2 aromatic carbocycles. The Hall–Kier alpha value is -2.85. The first kappa shape index (κ1) is 23.8. The average Bonchev–Trinajstić information content (AvgIpc) is 2.72. The summed E-state index contributed by atoms with van der Waals surface area (Å²) >= 11 is 0. The van der Waals surface area contributed by atoms with E-state index in [2.05, 4.69) is 5.32 Å².